The molecule has 23 heavy (non-hydrogen) atoms. The van der Waals surface area contributed by atoms with Crippen molar-refractivity contribution in [3.8, 4) is 0 Å². The zero-order chi connectivity index (χ0) is 16.4. The maximum absolute atomic E-state index is 11.4. The molecule has 0 saturated carbocycles. The smallest absolute Gasteiger partial charge is 0.339 e. The van der Waals surface area contributed by atoms with Crippen molar-refractivity contribution >= 4 is 11.8 Å². The molecule has 2 atom stereocenters. The van der Waals surface area contributed by atoms with Gasteiger partial charge in [-0.05, 0) is 37.6 Å². The van der Waals surface area contributed by atoms with Crippen molar-refractivity contribution < 1.29 is 15.0 Å². The lowest BCUT2D eigenvalue weighted by atomic mass is 10.00. The zero-order valence-electron chi connectivity index (χ0n) is 12.9. The highest BCUT2D eigenvalue weighted by Crippen LogP contribution is 2.28. The Bertz CT molecular complexity index is 705. The molecular weight excluding hydrogens is 294 g/mol. The summed E-state index contributed by atoms with van der Waals surface area (Å²) >= 11 is 0. The normalized spacial score (nSPS) is 20.7. The predicted molar refractivity (Wildman–Crippen MR) is 85.6 cm³/mol. The largest absolute Gasteiger partial charge is 0.478 e. The molecule has 0 radical (unpaired) electrons. The van der Waals surface area contributed by atoms with Crippen LogP contribution in [0.5, 0.6) is 0 Å². The number of pyridine rings is 2. The van der Waals surface area contributed by atoms with E-state index in [-0.39, 0.29) is 11.5 Å². The number of carbonyl (C=O) groups is 1. The van der Waals surface area contributed by atoms with Gasteiger partial charge in [0.05, 0.1) is 6.10 Å². The minimum atomic E-state index is -1.00. The quantitative estimate of drug-likeness (QED) is 0.890. The van der Waals surface area contributed by atoms with Crippen LogP contribution >= 0.6 is 0 Å². The first-order valence-corrected chi connectivity index (χ1v) is 7.58. The third-order valence-corrected chi connectivity index (χ3v) is 4.15. The van der Waals surface area contributed by atoms with Gasteiger partial charge in [0, 0.05) is 36.6 Å². The van der Waals surface area contributed by atoms with Crippen molar-refractivity contribution in [2.75, 3.05) is 18.0 Å². The van der Waals surface area contributed by atoms with Gasteiger partial charge in [0.2, 0.25) is 0 Å². The molecular formula is C17H19N3O3. The summed E-state index contributed by atoms with van der Waals surface area (Å²) in [5.74, 6) is -0.566. The SMILES string of the molecule is Cc1ccc(C(=O)O)c(N2C[C@@H](Cc3ccccn3)[C@H](O)C2)n1. The Labute approximate surface area is 134 Å². The van der Waals surface area contributed by atoms with Crippen LogP contribution in [0.4, 0.5) is 5.82 Å². The molecule has 3 rings (SSSR count). The Balaban J connectivity index is 1.81. The number of anilines is 1. The molecule has 1 fully saturated rings. The van der Waals surface area contributed by atoms with Crippen molar-refractivity contribution in [3.05, 3.63) is 53.5 Å². The Hall–Kier alpha value is -2.47. The highest BCUT2D eigenvalue weighted by Gasteiger charge is 2.34. The minimum absolute atomic E-state index is 0.00820. The van der Waals surface area contributed by atoms with Crippen molar-refractivity contribution in [1.29, 1.82) is 0 Å². The fourth-order valence-electron chi connectivity index (χ4n) is 2.97. The number of carboxylic acids is 1. The molecule has 2 N–H and O–H groups in total. The second-order valence-corrected chi connectivity index (χ2v) is 5.89. The minimum Gasteiger partial charge on any atom is -0.478 e. The van der Waals surface area contributed by atoms with Crippen molar-refractivity contribution in [2.24, 2.45) is 5.92 Å². The number of hydrogen-bond donors (Lipinski definition) is 2. The number of nitrogens with zero attached hydrogens (tertiary/aromatic N) is 3. The van der Waals surface area contributed by atoms with Crippen molar-refractivity contribution in [1.82, 2.24) is 9.97 Å². The van der Waals surface area contributed by atoms with E-state index in [4.69, 9.17) is 0 Å². The first-order chi connectivity index (χ1) is 11.0. The standard InChI is InChI=1S/C17H19N3O3/c1-11-5-6-14(17(22)23)16(19-11)20-9-12(15(21)10-20)8-13-4-2-3-7-18-13/h2-7,12,15,21H,8-10H2,1H3,(H,22,23)/t12-,15-/m1/s1. The van der Waals surface area contributed by atoms with Gasteiger partial charge in [-0.3, -0.25) is 4.98 Å². The van der Waals surface area contributed by atoms with E-state index in [1.165, 1.54) is 0 Å². The third-order valence-electron chi connectivity index (χ3n) is 4.15. The van der Waals surface area contributed by atoms with Crippen LogP contribution in [-0.4, -0.2) is 45.3 Å². The maximum Gasteiger partial charge on any atom is 0.339 e. The molecule has 120 valence electrons. The molecule has 1 aliphatic rings. The number of hydrogen-bond acceptors (Lipinski definition) is 5. The van der Waals surface area contributed by atoms with Crippen molar-refractivity contribution in [3.63, 3.8) is 0 Å². The summed E-state index contributed by atoms with van der Waals surface area (Å²) in [4.78, 5) is 21.9. The van der Waals surface area contributed by atoms with Crippen LogP contribution in [0.1, 0.15) is 21.7 Å². The van der Waals surface area contributed by atoms with Crippen LogP contribution in [0.15, 0.2) is 36.5 Å². The van der Waals surface area contributed by atoms with Crippen LogP contribution in [0, 0.1) is 12.8 Å². The molecule has 3 heterocycles. The van der Waals surface area contributed by atoms with Crippen LogP contribution in [0.3, 0.4) is 0 Å². The van der Waals surface area contributed by atoms with Crippen LogP contribution < -0.4 is 4.90 Å². The molecule has 0 amide bonds. The second-order valence-electron chi connectivity index (χ2n) is 5.89. The highest BCUT2D eigenvalue weighted by atomic mass is 16.4. The number of aromatic carboxylic acids is 1. The van der Waals surface area contributed by atoms with E-state index in [0.717, 1.165) is 11.4 Å². The number of carboxylic acid groups (broad SMARTS) is 1. The maximum atomic E-state index is 11.4. The lowest BCUT2D eigenvalue weighted by Gasteiger charge is -2.19. The molecule has 2 aromatic rings. The van der Waals surface area contributed by atoms with Gasteiger partial charge in [-0.2, -0.15) is 0 Å². The number of aromatic nitrogens is 2. The molecule has 1 aliphatic heterocycles. The molecule has 2 aromatic heterocycles. The summed E-state index contributed by atoms with van der Waals surface area (Å²) in [5, 5.41) is 19.7. The molecule has 1 saturated heterocycles. The van der Waals surface area contributed by atoms with E-state index < -0.39 is 12.1 Å². The number of aliphatic hydroxyl groups excluding tert-OH is 1. The summed E-state index contributed by atoms with van der Waals surface area (Å²) in [6.07, 6.45) is 1.87. The van der Waals surface area contributed by atoms with Gasteiger partial charge in [-0.1, -0.05) is 6.07 Å². The Morgan fingerprint density at radius 3 is 2.83 bits per heavy atom. The predicted octanol–water partition coefficient (Wildman–Crippen LogP) is 1.52. The molecule has 6 nitrogen and oxygen atoms in total. The number of β-amino-alcohol motifs (C(OH)–C–C–N with tert-alkyl or cyclic N) is 1. The van der Waals surface area contributed by atoms with Crippen LogP contribution in [-0.2, 0) is 6.42 Å². The van der Waals surface area contributed by atoms with Gasteiger partial charge < -0.3 is 15.1 Å². The molecule has 0 unspecified atom stereocenters. The van der Waals surface area contributed by atoms with E-state index in [1.54, 1.807) is 18.3 Å². The van der Waals surface area contributed by atoms with Gasteiger partial charge in [0.15, 0.2) is 0 Å². The average molecular weight is 313 g/mol. The number of rotatable bonds is 4. The molecule has 0 aliphatic carbocycles. The Morgan fingerprint density at radius 1 is 1.30 bits per heavy atom. The third kappa shape index (κ3) is 3.32. The lowest BCUT2D eigenvalue weighted by Crippen LogP contribution is -2.24. The molecule has 0 bridgehead atoms. The summed E-state index contributed by atoms with van der Waals surface area (Å²) in [7, 11) is 0. The fraction of sp³-hybridized carbons (Fsp3) is 0.353. The monoisotopic (exact) mass is 313 g/mol. The van der Waals surface area contributed by atoms with Gasteiger partial charge in [0.1, 0.15) is 11.4 Å². The van der Waals surface area contributed by atoms with Gasteiger partial charge in [0.25, 0.3) is 0 Å². The zero-order valence-corrected chi connectivity index (χ0v) is 12.9. The van der Waals surface area contributed by atoms with Gasteiger partial charge in [-0.15, -0.1) is 0 Å². The van der Waals surface area contributed by atoms with Crippen molar-refractivity contribution in [2.45, 2.75) is 19.4 Å². The molecule has 6 heteroatoms. The fourth-order valence-corrected chi connectivity index (χ4v) is 2.97. The number of aliphatic hydroxyl groups is 1. The average Bonchev–Trinajstić information content (AvgIpc) is 2.89. The Morgan fingerprint density at radius 2 is 2.13 bits per heavy atom. The highest BCUT2D eigenvalue weighted by molar-refractivity contribution is 5.93. The van der Waals surface area contributed by atoms with Gasteiger partial charge in [-0.25, -0.2) is 9.78 Å². The Kier molecular flexibility index (Phi) is 4.25. The molecule has 0 spiro atoms. The summed E-state index contributed by atoms with van der Waals surface area (Å²) in [5.41, 5.74) is 1.85. The summed E-state index contributed by atoms with van der Waals surface area (Å²) in [6, 6.07) is 8.97. The van der Waals surface area contributed by atoms with Gasteiger partial charge >= 0.3 is 5.97 Å². The van der Waals surface area contributed by atoms with E-state index >= 15 is 0 Å². The summed E-state index contributed by atoms with van der Waals surface area (Å²) < 4.78 is 0. The van der Waals surface area contributed by atoms with Crippen LogP contribution in [0.2, 0.25) is 0 Å². The van der Waals surface area contributed by atoms with Crippen LogP contribution in [0.25, 0.3) is 0 Å². The van der Waals surface area contributed by atoms with E-state index in [9.17, 15) is 15.0 Å². The van der Waals surface area contributed by atoms with E-state index in [1.807, 2.05) is 30.0 Å². The van der Waals surface area contributed by atoms with E-state index in [0.29, 0.717) is 25.3 Å². The van der Waals surface area contributed by atoms with E-state index in [2.05, 4.69) is 9.97 Å². The summed E-state index contributed by atoms with van der Waals surface area (Å²) in [6.45, 7) is 2.77. The topological polar surface area (TPSA) is 86.5 Å². The first-order valence-electron chi connectivity index (χ1n) is 7.58. The second kappa shape index (κ2) is 6.34. The first kappa shape index (κ1) is 15.4. The molecule has 0 aromatic carbocycles. The lowest BCUT2D eigenvalue weighted by molar-refractivity contribution is 0.0697. The number of aryl methyl sites for hydroxylation is 1.